The van der Waals surface area contributed by atoms with Gasteiger partial charge in [0.25, 0.3) is 5.91 Å². The van der Waals surface area contributed by atoms with E-state index in [2.05, 4.69) is 30.9 Å². The number of nitrogens with one attached hydrogen (secondary N) is 2. The molecule has 2 N–H and O–H groups in total. The summed E-state index contributed by atoms with van der Waals surface area (Å²) < 4.78 is 67.1. The van der Waals surface area contributed by atoms with Gasteiger partial charge in [-0.25, -0.2) is 18.3 Å². The molecular formula is C26H31F5N8O2. The van der Waals surface area contributed by atoms with Crippen molar-refractivity contribution in [2.45, 2.75) is 89.0 Å². The molecule has 2 atom stereocenters. The van der Waals surface area contributed by atoms with Crippen molar-refractivity contribution in [3.8, 4) is 0 Å². The summed E-state index contributed by atoms with van der Waals surface area (Å²) in [5.74, 6) is -4.19. The number of aryl methyl sites for hydroxylation is 1. The standard InChI is InChI=1S/C26H31F5N8O2/c1-2-39-33-13-18(37-39)24(41)36-23(16-5-8-25(27,28)9-6-16)19-14-38-20(34-19)11-17(12-32-38)22(15-3-4-15)35-21(40)7-10-26(29,30)31/h11-16,22-23H,2-10H2,1H3,(H,35,40)(H,36,41)/t22-,23+/m1/s1. The zero-order valence-corrected chi connectivity index (χ0v) is 22.4. The van der Waals surface area contributed by atoms with Crippen molar-refractivity contribution in [1.29, 1.82) is 0 Å². The van der Waals surface area contributed by atoms with E-state index in [9.17, 15) is 31.5 Å². The van der Waals surface area contributed by atoms with Gasteiger partial charge in [0, 0.05) is 19.3 Å². The molecule has 0 aliphatic heterocycles. The molecule has 2 aliphatic rings. The number of halogens is 5. The maximum absolute atomic E-state index is 13.9. The molecule has 3 aromatic rings. The third-order valence-corrected chi connectivity index (χ3v) is 7.65. The molecule has 0 saturated heterocycles. The molecule has 10 nitrogen and oxygen atoms in total. The quantitative estimate of drug-likeness (QED) is 0.339. The van der Waals surface area contributed by atoms with Gasteiger partial charge in [-0.2, -0.15) is 28.2 Å². The van der Waals surface area contributed by atoms with E-state index in [1.807, 2.05) is 6.92 Å². The molecule has 5 rings (SSSR count). The van der Waals surface area contributed by atoms with E-state index in [0.717, 1.165) is 12.8 Å². The van der Waals surface area contributed by atoms with Crippen molar-refractivity contribution in [1.82, 2.24) is 40.2 Å². The highest BCUT2D eigenvalue weighted by molar-refractivity contribution is 5.92. The van der Waals surface area contributed by atoms with Gasteiger partial charge in [-0.05, 0) is 56.1 Å². The molecule has 0 bridgehead atoms. The van der Waals surface area contributed by atoms with Crippen molar-refractivity contribution in [2.75, 3.05) is 0 Å². The van der Waals surface area contributed by atoms with Gasteiger partial charge in [0.1, 0.15) is 0 Å². The molecule has 15 heteroatoms. The van der Waals surface area contributed by atoms with Gasteiger partial charge in [0.2, 0.25) is 11.8 Å². The van der Waals surface area contributed by atoms with Crippen LogP contribution in [0.4, 0.5) is 22.0 Å². The number of carbonyl (C=O) groups is 2. The molecule has 3 heterocycles. The summed E-state index contributed by atoms with van der Waals surface area (Å²) in [6.45, 7) is 2.30. The maximum atomic E-state index is 13.9. The third-order valence-electron chi connectivity index (χ3n) is 7.65. The summed E-state index contributed by atoms with van der Waals surface area (Å²) in [5, 5.41) is 18.2. The number of amides is 2. The van der Waals surface area contributed by atoms with Crippen molar-refractivity contribution in [3.05, 3.63) is 41.6 Å². The first-order valence-corrected chi connectivity index (χ1v) is 13.7. The first-order valence-electron chi connectivity index (χ1n) is 13.7. The van der Waals surface area contributed by atoms with E-state index >= 15 is 0 Å². The molecule has 2 amide bonds. The van der Waals surface area contributed by atoms with E-state index in [4.69, 9.17) is 0 Å². The molecule has 0 spiro atoms. The minimum atomic E-state index is -4.42. The molecule has 2 fully saturated rings. The molecule has 2 saturated carbocycles. The number of hydrogen-bond acceptors (Lipinski definition) is 6. The van der Waals surface area contributed by atoms with Gasteiger partial charge in [-0.1, -0.05) is 0 Å². The minimum Gasteiger partial charge on any atom is -0.349 e. The van der Waals surface area contributed by atoms with Crippen molar-refractivity contribution in [3.63, 3.8) is 0 Å². The lowest BCUT2D eigenvalue weighted by Gasteiger charge is -2.33. The van der Waals surface area contributed by atoms with E-state index in [1.165, 1.54) is 21.7 Å². The number of imidazole rings is 1. The lowest BCUT2D eigenvalue weighted by atomic mass is 9.81. The van der Waals surface area contributed by atoms with Crippen molar-refractivity contribution < 1.29 is 31.5 Å². The maximum Gasteiger partial charge on any atom is 0.389 e. The van der Waals surface area contributed by atoms with E-state index in [0.29, 0.717) is 23.4 Å². The zero-order chi connectivity index (χ0) is 29.4. The summed E-state index contributed by atoms with van der Waals surface area (Å²) >= 11 is 0. The van der Waals surface area contributed by atoms with Crippen LogP contribution in [-0.2, 0) is 11.3 Å². The SMILES string of the molecule is CCn1ncc(C(=O)N[C@H](c2cn3ncc([C@H](NC(=O)CCC(F)(F)F)C4CC4)cc3n2)C2CCC(F)(F)CC2)n1. The first kappa shape index (κ1) is 28.9. The number of alkyl halides is 5. The smallest absolute Gasteiger partial charge is 0.349 e. The Hall–Kier alpha value is -3.65. The molecule has 0 aromatic carbocycles. The van der Waals surface area contributed by atoms with Crippen molar-refractivity contribution >= 4 is 17.5 Å². The Morgan fingerprint density at radius 1 is 1.05 bits per heavy atom. The average Bonchev–Trinajstić information content (AvgIpc) is 3.48. The summed E-state index contributed by atoms with van der Waals surface area (Å²) in [4.78, 5) is 31.3. The monoisotopic (exact) mass is 582 g/mol. The Balaban J connectivity index is 1.39. The summed E-state index contributed by atoms with van der Waals surface area (Å²) in [6, 6.07) is 0.493. The van der Waals surface area contributed by atoms with Gasteiger partial charge in [-0.15, -0.1) is 5.10 Å². The van der Waals surface area contributed by atoms with Crippen molar-refractivity contribution in [2.24, 2.45) is 11.8 Å². The fraction of sp³-hybridized carbons (Fsp3) is 0.615. The van der Waals surface area contributed by atoms with Gasteiger partial charge in [0.05, 0.1) is 49.3 Å². The number of fused-ring (bicyclic) bond motifs is 1. The van der Waals surface area contributed by atoms with E-state index in [-0.39, 0.29) is 43.2 Å². The summed E-state index contributed by atoms with van der Waals surface area (Å²) in [7, 11) is 0. The number of rotatable bonds is 10. The van der Waals surface area contributed by atoms with Crippen LogP contribution in [0.3, 0.4) is 0 Å². The minimum absolute atomic E-state index is 0.0796. The van der Waals surface area contributed by atoms with Crippen LogP contribution in [0.15, 0.2) is 24.7 Å². The Kier molecular flexibility index (Phi) is 7.97. The third kappa shape index (κ3) is 7.17. The summed E-state index contributed by atoms with van der Waals surface area (Å²) in [6.07, 6.45) is -0.413. The van der Waals surface area contributed by atoms with Crippen LogP contribution in [0.25, 0.3) is 5.65 Å². The van der Waals surface area contributed by atoms with Crippen LogP contribution in [-0.4, -0.2) is 53.5 Å². The van der Waals surface area contributed by atoms with Gasteiger partial charge in [-0.3, -0.25) is 9.59 Å². The molecule has 0 radical (unpaired) electrons. The largest absolute Gasteiger partial charge is 0.389 e. The molecule has 3 aromatic heterocycles. The molecule has 222 valence electrons. The molecular weight excluding hydrogens is 551 g/mol. The van der Waals surface area contributed by atoms with Gasteiger partial charge < -0.3 is 10.6 Å². The highest BCUT2D eigenvalue weighted by Gasteiger charge is 2.40. The second kappa shape index (κ2) is 11.3. The average molecular weight is 583 g/mol. The molecule has 0 unspecified atom stereocenters. The van der Waals surface area contributed by atoms with Crippen LogP contribution in [0.2, 0.25) is 0 Å². The first-order chi connectivity index (χ1) is 19.4. The van der Waals surface area contributed by atoms with E-state index < -0.39 is 48.8 Å². The highest BCUT2D eigenvalue weighted by Crippen LogP contribution is 2.43. The number of carbonyl (C=O) groups excluding carboxylic acids is 2. The Morgan fingerprint density at radius 3 is 2.39 bits per heavy atom. The van der Waals surface area contributed by atoms with Gasteiger partial charge in [0.15, 0.2) is 11.3 Å². The predicted molar refractivity (Wildman–Crippen MR) is 135 cm³/mol. The normalized spacial score (nSPS) is 19.2. The Labute approximate surface area is 232 Å². The van der Waals surface area contributed by atoms with Gasteiger partial charge >= 0.3 is 6.18 Å². The van der Waals surface area contributed by atoms with Crippen LogP contribution >= 0.6 is 0 Å². The van der Waals surface area contributed by atoms with Crippen LogP contribution in [0.1, 0.15) is 92.1 Å². The molecule has 2 aliphatic carbocycles. The van der Waals surface area contributed by atoms with Crippen LogP contribution < -0.4 is 10.6 Å². The fourth-order valence-corrected chi connectivity index (χ4v) is 5.23. The number of aromatic nitrogens is 6. The lowest BCUT2D eigenvalue weighted by Crippen LogP contribution is -2.37. The zero-order valence-electron chi connectivity index (χ0n) is 22.4. The fourth-order valence-electron chi connectivity index (χ4n) is 5.23. The Bertz CT molecular complexity index is 1390. The summed E-state index contributed by atoms with van der Waals surface area (Å²) in [5.41, 5.74) is 1.52. The Morgan fingerprint density at radius 2 is 1.76 bits per heavy atom. The lowest BCUT2D eigenvalue weighted by molar-refractivity contribution is -0.144. The van der Waals surface area contributed by atoms with Crippen LogP contribution in [0.5, 0.6) is 0 Å². The number of hydrogen-bond donors (Lipinski definition) is 2. The predicted octanol–water partition coefficient (Wildman–Crippen LogP) is 4.55. The van der Waals surface area contributed by atoms with Crippen LogP contribution in [0, 0.1) is 11.8 Å². The van der Waals surface area contributed by atoms with E-state index in [1.54, 1.807) is 12.3 Å². The molecule has 41 heavy (non-hydrogen) atoms. The number of nitrogens with zero attached hydrogens (tertiary/aromatic N) is 6. The second-order valence-corrected chi connectivity index (χ2v) is 10.8. The second-order valence-electron chi connectivity index (χ2n) is 10.8. The highest BCUT2D eigenvalue weighted by atomic mass is 19.4. The topological polar surface area (TPSA) is 119 Å².